The molecule has 60 heavy (non-hydrogen) atoms. The number of rotatable bonds is 9. The molecule has 0 atom stereocenters. The highest BCUT2D eigenvalue weighted by Crippen LogP contribution is 2.42. The van der Waals surface area contributed by atoms with E-state index in [-0.39, 0.29) is 0 Å². The molecule has 0 aliphatic heterocycles. The predicted molar refractivity (Wildman–Crippen MR) is 236 cm³/mol. The van der Waals surface area contributed by atoms with E-state index >= 15 is 0 Å². The average molecular weight is 784 g/mol. The van der Waals surface area contributed by atoms with Crippen molar-refractivity contribution in [3.05, 3.63) is 163 Å². The van der Waals surface area contributed by atoms with Crippen molar-refractivity contribution in [2.75, 3.05) is 28.4 Å². The Balaban J connectivity index is 1.16. The summed E-state index contributed by atoms with van der Waals surface area (Å²) in [6.45, 7) is 0. The molecule has 9 nitrogen and oxygen atoms in total. The highest BCUT2D eigenvalue weighted by atomic mass is 16.5. The molecule has 0 aliphatic rings. The van der Waals surface area contributed by atoms with Crippen LogP contribution in [0.1, 0.15) is 11.1 Å². The van der Waals surface area contributed by atoms with Gasteiger partial charge in [-0.05, 0) is 96.1 Å². The van der Waals surface area contributed by atoms with Crippen LogP contribution in [0.25, 0.3) is 78.2 Å². The fraction of sp³-hybridized carbons (Fsp3) is 0.0784. The molecule has 9 heteroatoms. The zero-order valence-electron chi connectivity index (χ0n) is 33.3. The molecular formula is C51H37N5O4. The molecule has 0 radical (unpaired) electrons. The van der Waals surface area contributed by atoms with Crippen molar-refractivity contribution in [2.45, 2.75) is 0 Å². The summed E-state index contributed by atoms with van der Waals surface area (Å²) in [5, 5.41) is 1.81. The van der Waals surface area contributed by atoms with Crippen LogP contribution in [-0.4, -0.2) is 53.4 Å². The van der Waals surface area contributed by atoms with E-state index in [4.69, 9.17) is 33.9 Å². The molecular weight excluding hydrogens is 747 g/mol. The minimum atomic E-state index is 0.605. The maximum atomic E-state index is 5.89. The number of benzene rings is 4. The zero-order chi connectivity index (χ0) is 41.0. The van der Waals surface area contributed by atoms with Crippen LogP contribution in [0.2, 0.25) is 0 Å². The number of ether oxygens (including phenoxy) is 4. The fourth-order valence-corrected chi connectivity index (χ4v) is 7.31. The second-order valence-electron chi connectivity index (χ2n) is 13.7. The Bertz CT molecular complexity index is 2990. The van der Waals surface area contributed by atoms with Gasteiger partial charge in [0.2, 0.25) is 0 Å². The molecule has 0 saturated carbocycles. The number of nitrogens with zero attached hydrogens (tertiary/aromatic N) is 5. The summed E-state index contributed by atoms with van der Waals surface area (Å²) in [7, 11) is 6.55. The third-order valence-corrected chi connectivity index (χ3v) is 10.2. The molecule has 0 spiro atoms. The first-order chi connectivity index (χ1) is 29.5. The predicted octanol–water partition coefficient (Wildman–Crippen LogP) is 10.7. The van der Waals surface area contributed by atoms with E-state index in [1.54, 1.807) is 40.8 Å². The molecule has 0 amide bonds. The van der Waals surface area contributed by atoms with Gasteiger partial charge in [0.25, 0.3) is 0 Å². The molecule has 0 N–H and O–H groups in total. The van der Waals surface area contributed by atoms with Crippen molar-refractivity contribution >= 4 is 21.8 Å². The first-order valence-electron chi connectivity index (χ1n) is 19.2. The zero-order valence-corrected chi connectivity index (χ0v) is 33.3. The highest BCUT2D eigenvalue weighted by Gasteiger charge is 2.21. The lowest BCUT2D eigenvalue weighted by atomic mass is 9.99. The first kappa shape index (κ1) is 37.5. The highest BCUT2D eigenvalue weighted by molar-refractivity contribution is 6.05. The number of aromatic nitrogens is 5. The van der Waals surface area contributed by atoms with Crippen molar-refractivity contribution in [1.29, 1.82) is 0 Å². The molecule has 4 aromatic carbocycles. The Hall–Kier alpha value is -8.09. The Morgan fingerprint density at radius 2 is 0.950 bits per heavy atom. The van der Waals surface area contributed by atoms with Crippen LogP contribution in [0, 0.1) is 11.8 Å². The van der Waals surface area contributed by atoms with E-state index in [0.29, 0.717) is 51.0 Å². The van der Waals surface area contributed by atoms with Gasteiger partial charge in [0.1, 0.15) is 23.0 Å². The van der Waals surface area contributed by atoms with Gasteiger partial charge in [0, 0.05) is 28.7 Å². The Morgan fingerprint density at radius 3 is 1.52 bits per heavy atom. The van der Waals surface area contributed by atoms with Crippen LogP contribution in [-0.2, 0) is 0 Å². The van der Waals surface area contributed by atoms with Gasteiger partial charge >= 0.3 is 0 Å². The standard InChI is InChI=1S/C51H37N5O4/c1-57-43-13-9-14-44(58-2)47(43)40-26-25-34-23-24-36-29-35(49(56-51(36)50(34)55-40)48-45(59-3)15-10-16-46(48)60-4)22-19-32-17-20-33(21-18-32)37-30-41(38-11-5-7-27-52-38)54-42(31-37)39-12-6-8-28-53-39/h5-18,20-21,23-31H,1-4H3. The summed E-state index contributed by atoms with van der Waals surface area (Å²) in [5.74, 6) is 9.39. The van der Waals surface area contributed by atoms with Crippen LogP contribution in [0.15, 0.2) is 152 Å². The topological polar surface area (TPSA) is 101 Å². The van der Waals surface area contributed by atoms with Crippen LogP contribution < -0.4 is 18.9 Å². The van der Waals surface area contributed by atoms with Gasteiger partial charge in [-0.15, -0.1) is 0 Å². The SMILES string of the molecule is COc1cccc(OC)c1-c1ccc2ccc3cc(C#Cc4ccc(-c5cc(-c6ccccn6)nc(-c6ccccn6)c5)cc4)c(-c4c(OC)cccc4OC)nc3c2n1. The van der Waals surface area contributed by atoms with E-state index in [9.17, 15) is 0 Å². The summed E-state index contributed by atoms with van der Waals surface area (Å²) in [6.07, 6.45) is 3.54. The lowest BCUT2D eigenvalue weighted by Crippen LogP contribution is -1.99. The maximum Gasteiger partial charge on any atom is 0.132 e. The normalized spacial score (nSPS) is 10.9. The van der Waals surface area contributed by atoms with E-state index < -0.39 is 0 Å². The molecule has 5 aromatic heterocycles. The molecule has 9 aromatic rings. The largest absolute Gasteiger partial charge is 0.496 e. The smallest absolute Gasteiger partial charge is 0.132 e. The minimum absolute atomic E-state index is 0.605. The Kier molecular flexibility index (Phi) is 10.3. The summed E-state index contributed by atoms with van der Waals surface area (Å²) in [5.41, 5.74) is 10.8. The van der Waals surface area contributed by atoms with Gasteiger partial charge in [-0.25, -0.2) is 15.0 Å². The van der Waals surface area contributed by atoms with Gasteiger partial charge in [-0.2, -0.15) is 0 Å². The van der Waals surface area contributed by atoms with Crippen molar-refractivity contribution in [3.63, 3.8) is 0 Å². The summed E-state index contributed by atoms with van der Waals surface area (Å²) >= 11 is 0. The van der Waals surface area contributed by atoms with Crippen molar-refractivity contribution in [3.8, 4) is 91.3 Å². The molecule has 5 heterocycles. The quantitative estimate of drug-likeness (QED) is 0.105. The van der Waals surface area contributed by atoms with Gasteiger partial charge in [-0.1, -0.05) is 66.4 Å². The van der Waals surface area contributed by atoms with Crippen LogP contribution >= 0.6 is 0 Å². The van der Waals surface area contributed by atoms with E-state index in [2.05, 4.69) is 52.1 Å². The molecule has 0 bridgehead atoms. The van der Waals surface area contributed by atoms with Gasteiger partial charge in [0.15, 0.2) is 0 Å². The fourth-order valence-electron chi connectivity index (χ4n) is 7.31. The minimum Gasteiger partial charge on any atom is -0.496 e. The lowest BCUT2D eigenvalue weighted by molar-refractivity contribution is 0.397. The molecule has 0 unspecified atom stereocenters. The monoisotopic (exact) mass is 783 g/mol. The maximum absolute atomic E-state index is 5.89. The number of fused-ring (bicyclic) bond motifs is 3. The molecule has 0 saturated heterocycles. The van der Waals surface area contributed by atoms with Crippen LogP contribution in [0.3, 0.4) is 0 Å². The molecule has 0 aliphatic carbocycles. The van der Waals surface area contributed by atoms with Crippen LogP contribution in [0.5, 0.6) is 23.0 Å². The Labute approximate surface area is 347 Å². The second kappa shape index (κ2) is 16.4. The summed E-state index contributed by atoms with van der Waals surface area (Å²) in [6, 6.07) is 45.4. The number of methoxy groups -OCH3 is 4. The molecule has 290 valence electrons. The molecule has 0 fully saturated rings. The lowest BCUT2D eigenvalue weighted by Gasteiger charge is -2.16. The van der Waals surface area contributed by atoms with Gasteiger partial charge in [-0.3, -0.25) is 9.97 Å². The number of hydrogen-bond donors (Lipinski definition) is 0. The van der Waals surface area contributed by atoms with Crippen molar-refractivity contribution < 1.29 is 18.9 Å². The molecule has 9 rings (SSSR count). The third kappa shape index (κ3) is 7.18. The number of pyridine rings is 5. The number of hydrogen-bond acceptors (Lipinski definition) is 9. The second-order valence-corrected chi connectivity index (χ2v) is 13.7. The van der Waals surface area contributed by atoms with E-state index in [0.717, 1.165) is 61.3 Å². The van der Waals surface area contributed by atoms with Crippen LogP contribution in [0.4, 0.5) is 0 Å². The van der Waals surface area contributed by atoms with Crippen molar-refractivity contribution in [2.24, 2.45) is 0 Å². The average Bonchev–Trinajstić information content (AvgIpc) is 3.32. The summed E-state index contributed by atoms with van der Waals surface area (Å²) in [4.78, 5) is 24.6. The first-order valence-corrected chi connectivity index (χ1v) is 19.2. The van der Waals surface area contributed by atoms with Crippen molar-refractivity contribution in [1.82, 2.24) is 24.9 Å². The van der Waals surface area contributed by atoms with Gasteiger partial charge < -0.3 is 18.9 Å². The summed E-state index contributed by atoms with van der Waals surface area (Å²) < 4.78 is 23.3. The van der Waals surface area contributed by atoms with E-state index in [1.807, 2.05) is 109 Å². The van der Waals surface area contributed by atoms with E-state index in [1.165, 1.54) is 0 Å². The third-order valence-electron chi connectivity index (χ3n) is 10.2. The van der Waals surface area contributed by atoms with Gasteiger partial charge in [0.05, 0.1) is 90.3 Å². The Morgan fingerprint density at radius 1 is 0.400 bits per heavy atom.